The molecule has 2 heterocycles. The molecule has 0 spiro atoms. The molecule has 0 amide bonds. The highest BCUT2D eigenvalue weighted by Crippen LogP contribution is 2.28. The summed E-state index contributed by atoms with van der Waals surface area (Å²) in [5.74, 6) is 0. The van der Waals surface area contributed by atoms with Crippen LogP contribution in [0.3, 0.4) is 0 Å². The van der Waals surface area contributed by atoms with Crippen molar-refractivity contribution < 1.29 is 16.8 Å². The van der Waals surface area contributed by atoms with Crippen LogP contribution in [0.5, 0.6) is 0 Å². The molecule has 10 heteroatoms. The Morgan fingerprint density at radius 2 is 1.58 bits per heavy atom. The van der Waals surface area contributed by atoms with Crippen LogP contribution in [-0.2, 0) is 20.0 Å². The van der Waals surface area contributed by atoms with Crippen LogP contribution in [0, 0.1) is 0 Å². The van der Waals surface area contributed by atoms with E-state index < -0.39 is 20.0 Å². The van der Waals surface area contributed by atoms with Crippen LogP contribution in [0.2, 0.25) is 4.34 Å². The van der Waals surface area contributed by atoms with Crippen molar-refractivity contribution in [2.45, 2.75) is 21.9 Å². The van der Waals surface area contributed by atoms with Crippen molar-refractivity contribution in [1.82, 2.24) is 4.31 Å². The summed E-state index contributed by atoms with van der Waals surface area (Å²) in [5.41, 5.74) is 0.292. The van der Waals surface area contributed by atoms with E-state index in [1.54, 1.807) is 0 Å². The SMILES string of the molecule is O=S(=O)(Nc1ccc(S(=O)(=O)N2CCCC2)cc1)c1ccc(Cl)s1. The van der Waals surface area contributed by atoms with Crippen LogP contribution in [0.4, 0.5) is 5.69 Å². The maximum Gasteiger partial charge on any atom is 0.271 e. The van der Waals surface area contributed by atoms with Gasteiger partial charge in [-0.3, -0.25) is 4.72 Å². The number of nitrogens with one attached hydrogen (secondary N) is 1. The fourth-order valence-corrected chi connectivity index (χ4v) is 6.48. The average molecular weight is 407 g/mol. The zero-order valence-corrected chi connectivity index (χ0v) is 15.7. The molecule has 0 saturated carbocycles. The Balaban J connectivity index is 1.80. The number of benzene rings is 1. The van der Waals surface area contributed by atoms with E-state index in [9.17, 15) is 16.8 Å². The lowest BCUT2D eigenvalue weighted by Crippen LogP contribution is -2.27. The van der Waals surface area contributed by atoms with Crippen molar-refractivity contribution in [3.63, 3.8) is 0 Å². The van der Waals surface area contributed by atoms with Gasteiger partial charge in [0.2, 0.25) is 10.0 Å². The summed E-state index contributed by atoms with van der Waals surface area (Å²) in [4.78, 5) is 0.159. The molecule has 2 aromatic rings. The summed E-state index contributed by atoms with van der Waals surface area (Å²) < 4.78 is 53.6. The number of sulfonamides is 2. The Labute approximate surface area is 150 Å². The highest BCUT2D eigenvalue weighted by molar-refractivity contribution is 7.94. The van der Waals surface area contributed by atoms with Gasteiger partial charge in [0.15, 0.2) is 0 Å². The summed E-state index contributed by atoms with van der Waals surface area (Å²) in [5, 5.41) is 0. The van der Waals surface area contributed by atoms with E-state index in [4.69, 9.17) is 11.6 Å². The van der Waals surface area contributed by atoms with E-state index in [0.717, 1.165) is 24.2 Å². The first-order valence-corrected chi connectivity index (χ1v) is 11.3. The molecule has 0 atom stereocenters. The smallest absolute Gasteiger partial charge is 0.271 e. The van der Waals surface area contributed by atoms with Crippen molar-refractivity contribution >= 4 is 48.7 Å². The van der Waals surface area contributed by atoms with Crippen LogP contribution in [0.25, 0.3) is 0 Å². The second kappa shape index (κ2) is 6.64. The topological polar surface area (TPSA) is 83.5 Å². The van der Waals surface area contributed by atoms with E-state index >= 15 is 0 Å². The monoisotopic (exact) mass is 406 g/mol. The van der Waals surface area contributed by atoms with Gasteiger partial charge < -0.3 is 0 Å². The van der Waals surface area contributed by atoms with E-state index in [-0.39, 0.29) is 9.10 Å². The molecule has 1 saturated heterocycles. The van der Waals surface area contributed by atoms with Gasteiger partial charge in [-0.2, -0.15) is 4.31 Å². The molecule has 6 nitrogen and oxygen atoms in total. The Morgan fingerprint density at radius 3 is 2.12 bits per heavy atom. The molecular weight excluding hydrogens is 392 g/mol. The fraction of sp³-hybridized carbons (Fsp3) is 0.286. The zero-order chi connectivity index (χ0) is 17.4. The zero-order valence-electron chi connectivity index (χ0n) is 12.5. The van der Waals surface area contributed by atoms with Gasteiger partial charge in [0.1, 0.15) is 4.21 Å². The molecule has 0 unspecified atom stereocenters. The van der Waals surface area contributed by atoms with Crippen molar-refractivity contribution in [1.29, 1.82) is 0 Å². The average Bonchev–Trinajstić information content (AvgIpc) is 3.19. The lowest BCUT2D eigenvalue weighted by molar-refractivity contribution is 0.477. The molecule has 1 aliphatic heterocycles. The minimum atomic E-state index is -3.73. The highest BCUT2D eigenvalue weighted by atomic mass is 35.5. The second-order valence-corrected chi connectivity index (χ2v) is 10.9. The van der Waals surface area contributed by atoms with E-state index in [0.29, 0.717) is 23.1 Å². The molecule has 24 heavy (non-hydrogen) atoms. The quantitative estimate of drug-likeness (QED) is 0.827. The molecule has 0 radical (unpaired) electrons. The Bertz CT molecular complexity index is 931. The predicted octanol–water partition coefficient (Wildman–Crippen LogP) is 2.99. The molecule has 1 aromatic carbocycles. The fourth-order valence-electron chi connectivity index (χ4n) is 2.42. The number of hydrogen-bond acceptors (Lipinski definition) is 5. The van der Waals surface area contributed by atoms with Crippen molar-refractivity contribution in [2.75, 3.05) is 17.8 Å². The van der Waals surface area contributed by atoms with Crippen molar-refractivity contribution in [2.24, 2.45) is 0 Å². The number of thiophene rings is 1. The second-order valence-electron chi connectivity index (χ2n) is 5.30. The number of anilines is 1. The lowest BCUT2D eigenvalue weighted by atomic mass is 10.3. The number of nitrogens with zero attached hydrogens (tertiary/aromatic N) is 1. The Kier molecular flexibility index (Phi) is 4.89. The van der Waals surface area contributed by atoms with Crippen LogP contribution in [-0.4, -0.2) is 34.2 Å². The first-order valence-electron chi connectivity index (χ1n) is 7.17. The summed E-state index contributed by atoms with van der Waals surface area (Å²) >= 11 is 6.71. The summed E-state index contributed by atoms with van der Waals surface area (Å²) in [6, 6.07) is 8.62. The molecule has 1 aliphatic rings. The third-order valence-electron chi connectivity index (χ3n) is 3.62. The first kappa shape index (κ1) is 17.7. The summed E-state index contributed by atoms with van der Waals surface area (Å²) in [6.07, 6.45) is 1.72. The minimum Gasteiger partial charge on any atom is -0.279 e. The highest BCUT2D eigenvalue weighted by Gasteiger charge is 2.27. The van der Waals surface area contributed by atoms with E-state index in [2.05, 4.69) is 4.72 Å². The lowest BCUT2D eigenvalue weighted by Gasteiger charge is -2.15. The van der Waals surface area contributed by atoms with E-state index in [1.165, 1.54) is 40.7 Å². The first-order chi connectivity index (χ1) is 11.3. The van der Waals surface area contributed by atoms with Gasteiger partial charge in [0.05, 0.1) is 9.23 Å². The molecular formula is C14H15ClN2O4S3. The predicted molar refractivity (Wildman–Crippen MR) is 94.6 cm³/mol. The molecule has 130 valence electrons. The van der Waals surface area contributed by atoms with Crippen LogP contribution in [0.1, 0.15) is 12.8 Å². The van der Waals surface area contributed by atoms with Crippen LogP contribution < -0.4 is 4.72 Å². The Morgan fingerprint density at radius 1 is 0.958 bits per heavy atom. The van der Waals surface area contributed by atoms with Gasteiger partial charge in [0, 0.05) is 18.8 Å². The third-order valence-corrected chi connectivity index (χ3v) is 8.64. The van der Waals surface area contributed by atoms with Crippen LogP contribution in [0.15, 0.2) is 45.5 Å². The third kappa shape index (κ3) is 3.60. The number of rotatable bonds is 5. The summed E-state index contributed by atoms with van der Waals surface area (Å²) in [6.45, 7) is 1.05. The molecule has 0 bridgehead atoms. The van der Waals surface area contributed by atoms with Gasteiger partial charge in [0.25, 0.3) is 10.0 Å². The number of hydrogen-bond donors (Lipinski definition) is 1. The van der Waals surface area contributed by atoms with Crippen molar-refractivity contribution in [3.05, 3.63) is 40.7 Å². The van der Waals surface area contributed by atoms with E-state index in [1.807, 2.05) is 0 Å². The summed E-state index contributed by atoms with van der Waals surface area (Å²) in [7, 11) is -7.24. The standard InChI is InChI=1S/C14H15ClN2O4S3/c15-13-7-8-14(22-13)23(18,19)16-11-3-5-12(6-4-11)24(20,21)17-9-1-2-10-17/h3-8,16H,1-2,9-10H2. The maximum atomic E-state index is 12.4. The normalized spacial score (nSPS) is 16.4. The molecule has 3 rings (SSSR count). The van der Waals surface area contributed by atoms with Crippen LogP contribution >= 0.6 is 22.9 Å². The van der Waals surface area contributed by atoms with Gasteiger partial charge in [-0.1, -0.05) is 11.6 Å². The maximum absolute atomic E-state index is 12.4. The molecule has 1 N–H and O–H groups in total. The Hall–Kier alpha value is -1.13. The number of halogens is 1. The minimum absolute atomic E-state index is 0.0984. The van der Waals surface area contributed by atoms with Gasteiger partial charge in [-0.05, 0) is 49.2 Å². The van der Waals surface area contributed by atoms with Crippen molar-refractivity contribution in [3.8, 4) is 0 Å². The van der Waals surface area contributed by atoms with Gasteiger partial charge in [-0.15, -0.1) is 11.3 Å². The molecule has 0 aliphatic carbocycles. The molecule has 1 fully saturated rings. The van der Waals surface area contributed by atoms with Gasteiger partial charge in [-0.25, -0.2) is 16.8 Å². The van der Waals surface area contributed by atoms with Gasteiger partial charge >= 0.3 is 0 Å². The largest absolute Gasteiger partial charge is 0.279 e. The molecule has 1 aromatic heterocycles.